The number of aromatic nitrogens is 2. The minimum atomic E-state index is 0.342. The fourth-order valence-electron chi connectivity index (χ4n) is 2.74. The highest BCUT2D eigenvalue weighted by atomic mass is 16.5. The third-order valence-corrected chi connectivity index (χ3v) is 3.97. The summed E-state index contributed by atoms with van der Waals surface area (Å²) in [5.41, 5.74) is 0. The average Bonchev–Trinajstić information content (AvgIpc) is 2.56. The molecule has 0 spiro atoms. The van der Waals surface area contributed by atoms with E-state index in [-0.39, 0.29) is 0 Å². The lowest BCUT2D eigenvalue weighted by Gasteiger charge is -2.36. The molecule has 2 aliphatic heterocycles. The Morgan fingerprint density at radius 2 is 2.19 bits per heavy atom. The molecule has 0 saturated carbocycles. The smallest absolute Gasteiger partial charge is 0.228 e. The van der Waals surface area contributed by atoms with Crippen LogP contribution in [-0.2, 0) is 4.74 Å². The van der Waals surface area contributed by atoms with E-state index in [1.165, 1.54) is 0 Å². The van der Waals surface area contributed by atoms with E-state index < -0.39 is 0 Å². The molecule has 114 valence electrons. The van der Waals surface area contributed by atoms with Crippen LogP contribution in [0.15, 0.2) is 24.6 Å². The normalized spacial score (nSPS) is 22.9. The van der Waals surface area contributed by atoms with Crippen LogP contribution in [0.1, 0.15) is 12.8 Å². The topological polar surface area (TPSA) is 50.7 Å². The number of allylic oxidation sites excluding steroid dienone is 1. The Labute approximate surface area is 125 Å². The van der Waals surface area contributed by atoms with Gasteiger partial charge in [0.1, 0.15) is 6.10 Å². The van der Waals surface area contributed by atoms with Crippen molar-refractivity contribution in [2.24, 2.45) is 0 Å². The van der Waals surface area contributed by atoms with Crippen LogP contribution in [0, 0.1) is 0 Å². The summed E-state index contributed by atoms with van der Waals surface area (Å²) in [5, 5.41) is 0. The first-order chi connectivity index (χ1) is 10.3. The number of hydrogen-bond acceptors (Lipinski definition) is 6. The Kier molecular flexibility index (Phi) is 4.55. The predicted molar refractivity (Wildman–Crippen MR) is 80.5 cm³/mol. The van der Waals surface area contributed by atoms with Crippen LogP contribution in [0.2, 0.25) is 0 Å². The minimum Gasteiger partial charge on any atom is -0.497 e. The Bertz CT molecular complexity index is 486. The van der Waals surface area contributed by atoms with Gasteiger partial charge in [-0.2, -0.15) is 4.98 Å². The van der Waals surface area contributed by atoms with Crippen molar-refractivity contribution < 1.29 is 9.47 Å². The highest BCUT2D eigenvalue weighted by Gasteiger charge is 2.22. The summed E-state index contributed by atoms with van der Waals surface area (Å²) in [5.74, 6) is 1.37. The predicted octanol–water partition coefficient (Wildman–Crippen LogP) is 1.30. The van der Waals surface area contributed by atoms with Gasteiger partial charge >= 0.3 is 0 Å². The lowest BCUT2D eigenvalue weighted by molar-refractivity contribution is 0.0765. The van der Waals surface area contributed by atoms with E-state index in [9.17, 15) is 0 Å². The Morgan fingerprint density at radius 3 is 2.90 bits per heavy atom. The maximum Gasteiger partial charge on any atom is 0.228 e. The molecule has 3 heterocycles. The molecule has 0 aliphatic carbocycles. The van der Waals surface area contributed by atoms with Gasteiger partial charge in [0.2, 0.25) is 11.8 Å². The molecule has 0 N–H and O–H groups in total. The van der Waals surface area contributed by atoms with Crippen molar-refractivity contribution in [2.75, 3.05) is 44.7 Å². The van der Waals surface area contributed by atoms with E-state index in [0.717, 1.165) is 51.5 Å². The van der Waals surface area contributed by atoms with Gasteiger partial charge in [0.05, 0.1) is 13.4 Å². The van der Waals surface area contributed by atoms with E-state index in [4.69, 9.17) is 9.47 Å². The lowest BCUT2D eigenvalue weighted by Crippen LogP contribution is -2.49. The lowest BCUT2D eigenvalue weighted by atomic mass is 10.1. The number of rotatable bonds is 4. The maximum absolute atomic E-state index is 5.65. The summed E-state index contributed by atoms with van der Waals surface area (Å²) in [6, 6.07) is 1.77. The molecule has 1 fully saturated rings. The SMILES string of the molecule is COc1ccnc(N2CCN(C[C@@H]3CCC=CO3)CC2)n1. The van der Waals surface area contributed by atoms with Gasteiger partial charge < -0.3 is 14.4 Å². The molecule has 6 nitrogen and oxygen atoms in total. The van der Waals surface area contributed by atoms with Crippen molar-refractivity contribution in [1.82, 2.24) is 14.9 Å². The second-order valence-electron chi connectivity index (χ2n) is 5.39. The third kappa shape index (κ3) is 3.64. The van der Waals surface area contributed by atoms with Crippen LogP contribution in [-0.4, -0.2) is 60.8 Å². The van der Waals surface area contributed by atoms with Crippen LogP contribution in [0.3, 0.4) is 0 Å². The summed E-state index contributed by atoms with van der Waals surface area (Å²) in [6.07, 6.45) is 8.27. The largest absolute Gasteiger partial charge is 0.497 e. The summed E-state index contributed by atoms with van der Waals surface area (Å²) in [7, 11) is 1.63. The molecule has 1 aromatic heterocycles. The van der Waals surface area contributed by atoms with Crippen molar-refractivity contribution in [3.63, 3.8) is 0 Å². The first kappa shape index (κ1) is 14.1. The number of nitrogens with zero attached hydrogens (tertiary/aromatic N) is 4. The summed E-state index contributed by atoms with van der Waals surface area (Å²) < 4.78 is 10.8. The second-order valence-corrected chi connectivity index (χ2v) is 5.39. The van der Waals surface area contributed by atoms with Gasteiger partial charge in [-0.25, -0.2) is 4.98 Å². The average molecular weight is 290 g/mol. The van der Waals surface area contributed by atoms with Crippen molar-refractivity contribution >= 4 is 5.95 Å². The molecule has 3 rings (SSSR count). The maximum atomic E-state index is 5.65. The Balaban J connectivity index is 1.51. The molecule has 1 aromatic rings. The first-order valence-corrected chi connectivity index (χ1v) is 7.50. The molecule has 6 heteroatoms. The van der Waals surface area contributed by atoms with Crippen molar-refractivity contribution in [3.05, 3.63) is 24.6 Å². The van der Waals surface area contributed by atoms with Crippen molar-refractivity contribution in [2.45, 2.75) is 18.9 Å². The highest BCUT2D eigenvalue weighted by molar-refractivity contribution is 5.32. The number of piperazine rings is 1. The Morgan fingerprint density at radius 1 is 1.33 bits per heavy atom. The fourth-order valence-corrected chi connectivity index (χ4v) is 2.74. The number of hydrogen-bond donors (Lipinski definition) is 0. The summed E-state index contributed by atoms with van der Waals surface area (Å²) in [6.45, 7) is 4.93. The molecule has 21 heavy (non-hydrogen) atoms. The van der Waals surface area contributed by atoms with E-state index in [2.05, 4.69) is 25.8 Å². The van der Waals surface area contributed by atoms with E-state index in [1.807, 2.05) is 6.26 Å². The monoisotopic (exact) mass is 290 g/mol. The number of anilines is 1. The van der Waals surface area contributed by atoms with Gasteiger partial charge in [-0.15, -0.1) is 0 Å². The molecule has 0 aromatic carbocycles. The molecular formula is C15H22N4O2. The van der Waals surface area contributed by atoms with Crippen molar-refractivity contribution in [3.8, 4) is 5.88 Å². The van der Waals surface area contributed by atoms with Gasteiger partial charge in [0.25, 0.3) is 0 Å². The van der Waals surface area contributed by atoms with Crippen LogP contribution in [0.25, 0.3) is 0 Å². The third-order valence-electron chi connectivity index (χ3n) is 3.97. The van der Waals surface area contributed by atoms with E-state index in [1.54, 1.807) is 19.4 Å². The standard InChI is InChI=1S/C15H22N4O2/c1-20-14-5-6-16-15(17-14)19-9-7-18(8-10-19)12-13-4-2-3-11-21-13/h3,5-6,11,13H,2,4,7-10,12H2,1H3/t13-/m0/s1. The highest BCUT2D eigenvalue weighted by Crippen LogP contribution is 2.16. The molecular weight excluding hydrogens is 268 g/mol. The Hall–Kier alpha value is -1.82. The fraction of sp³-hybridized carbons (Fsp3) is 0.600. The summed E-state index contributed by atoms with van der Waals surface area (Å²) >= 11 is 0. The molecule has 0 radical (unpaired) electrons. The van der Waals surface area contributed by atoms with E-state index >= 15 is 0 Å². The van der Waals surface area contributed by atoms with Gasteiger partial charge in [-0.1, -0.05) is 0 Å². The molecule has 1 saturated heterocycles. The molecule has 1 atom stereocenters. The molecule has 0 bridgehead atoms. The quantitative estimate of drug-likeness (QED) is 0.833. The van der Waals surface area contributed by atoms with Crippen LogP contribution in [0.5, 0.6) is 5.88 Å². The van der Waals surface area contributed by atoms with Crippen molar-refractivity contribution in [1.29, 1.82) is 0 Å². The zero-order valence-corrected chi connectivity index (χ0v) is 12.4. The first-order valence-electron chi connectivity index (χ1n) is 7.50. The van der Waals surface area contributed by atoms with Gasteiger partial charge in [0.15, 0.2) is 0 Å². The van der Waals surface area contributed by atoms with Gasteiger partial charge in [-0.05, 0) is 18.9 Å². The van der Waals surface area contributed by atoms with Crippen LogP contribution in [0.4, 0.5) is 5.95 Å². The molecule has 0 amide bonds. The molecule has 2 aliphatic rings. The van der Waals surface area contributed by atoms with E-state index in [0.29, 0.717) is 12.0 Å². The van der Waals surface area contributed by atoms with Gasteiger partial charge in [-0.3, -0.25) is 4.90 Å². The zero-order valence-electron chi connectivity index (χ0n) is 12.4. The zero-order chi connectivity index (χ0) is 14.5. The second kappa shape index (κ2) is 6.76. The van der Waals surface area contributed by atoms with Gasteiger partial charge in [0, 0.05) is 45.0 Å². The molecule has 0 unspecified atom stereocenters. The minimum absolute atomic E-state index is 0.342. The van der Waals surface area contributed by atoms with Crippen LogP contribution < -0.4 is 9.64 Å². The number of ether oxygens (including phenoxy) is 2. The summed E-state index contributed by atoms with van der Waals surface area (Å²) in [4.78, 5) is 13.4. The van der Waals surface area contributed by atoms with Crippen LogP contribution >= 0.6 is 0 Å². The number of methoxy groups -OCH3 is 1.